The number of hydrogen-bond acceptors (Lipinski definition) is 4. The molecular formula is C24H27F3N2O4S. The summed E-state index contributed by atoms with van der Waals surface area (Å²) in [4.78, 5) is 14.5. The maximum Gasteiger partial charge on any atom is 0.254 e. The van der Waals surface area contributed by atoms with Crippen LogP contribution in [0.4, 0.5) is 13.2 Å². The van der Waals surface area contributed by atoms with Crippen LogP contribution in [0.5, 0.6) is 0 Å². The standard InChI is InChI=1S/C24H27F3N2O4S/c1-23(2,31)22(30)29-13-24(7-8-24)21(28-34(3,32)33)19(29)11-14-5-4-6-18(20(14)27)15-9-16(25)12-17(26)10-15/h4-6,9-10,12,19,21,28,31H,7-8,11,13H2,1-3H3. The Morgan fingerprint density at radius 1 is 1.18 bits per heavy atom. The first-order chi connectivity index (χ1) is 15.7. The first-order valence-electron chi connectivity index (χ1n) is 10.9. The van der Waals surface area contributed by atoms with E-state index in [0.717, 1.165) is 18.4 Å². The number of aliphatic hydroxyl groups is 1. The van der Waals surface area contributed by atoms with Gasteiger partial charge in [0.15, 0.2) is 0 Å². The van der Waals surface area contributed by atoms with Gasteiger partial charge in [-0.1, -0.05) is 18.2 Å². The van der Waals surface area contributed by atoms with Gasteiger partial charge >= 0.3 is 0 Å². The third-order valence-electron chi connectivity index (χ3n) is 6.63. The van der Waals surface area contributed by atoms with Crippen molar-refractivity contribution in [3.8, 4) is 11.1 Å². The van der Waals surface area contributed by atoms with Crippen molar-refractivity contribution in [3.63, 3.8) is 0 Å². The number of carbonyl (C=O) groups excluding carboxylic acids is 1. The fourth-order valence-electron chi connectivity index (χ4n) is 4.90. The van der Waals surface area contributed by atoms with Crippen LogP contribution in [0.3, 0.4) is 0 Å². The fraction of sp³-hybridized carbons (Fsp3) is 0.458. The molecule has 0 bridgehead atoms. The van der Waals surface area contributed by atoms with Crippen molar-refractivity contribution in [2.24, 2.45) is 5.41 Å². The maximum absolute atomic E-state index is 15.6. The molecule has 1 aliphatic heterocycles. The summed E-state index contributed by atoms with van der Waals surface area (Å²) in [6.45, 7) is 2.94. The lowest BCUT2D eigenvalue weighted by Crippen LogP contribution is -2.53. The minimum absolute atomic E-state index is 0.0111. The van der Waals surface area contributed by atoms with E-state index in [2.05, 4.69) is 4.72 Å². The molecule has 2 atom stereocenters. The zero-order chi connectivity index (χ0) is 25.1. The molecule has 2 aromatic rings. The zero-order valence-corrected chi connectivity index (χ0v) is 19.9. The van der Waals surface area contributed by atoms with Gasteiger partial charge in [-0.2, -0.15) is 0 Å². The zero-order valence-electron chi connectivity index (χ0n) is 19.1. The highest BCUT2D eigenvalue weighted by molar-refractivity contribution is 7.88. The largest absolute Gasteiger partial charge is 0.381 e. The number of carbonyl (C=O) groups is 1. The number of sulfonamides is 1. The number of amides is 1. The highest BCUT2D eigenvalue weighted by Gasteiger charge is 2.62. The molecule has 4 rings (SSSR count). The Morgan fingerprint density at radius 2 is 1.79 bits per heavy atom. The third kappa shape index (κ3) is 4.85. The van der Waals surface area contributed by atoms with Crippen molar-refractivity contribution < 1.29 is 31.5 Å². The van der Waals surface area contributed by atoms with Gasteiger partial charge in [0.2, 0.25) is 10.0 Å². The van der Waals surface area contributed by atoms with Crippen LogP contribution in [0.15, 0.2) is 36.4 Å². The minimum atomic E-state index is -3.65. The summed E-state index contributed by atoms with van der Waals surface area (Å²) in [7, 11) is -3.65. The molecule has 0 aromatic heterocycles. The monoisotopic (exact) mass is 496 g/mol. The van der Waals surface area contributed by atoms with Crippen LogP contribution in [0.1, 0.15) is 32.3 Å². The quantitative estimate of drug-likeness (QED) is 0.644. The van der Waals surface area contributed by atoms with Gasteiger partial charge in [-0.15, -0.1) is 0 Å². The molecule has 6 nitrogen and oxygen atoms in total. The van der Waals surface area contributed by atoms with Crippen molar-refractivity contribution in [3.05, 3.63) is 59.4 Å². The topological polar surface area (TPSA) is 86.7 Å². The second-order valence-electron chi connectivity index (χ2n) is 9.93. The second-order valence-corrected chi connectivity index (χ2v) is 11.7. The van der Waals surface area contributed by atoms with E-state index in [9.17, 15) is 27.1 Å². The van der Waals surface area contributed by atoms with Gasteiger partial charge in [0.25, 0.3) is 5.91 Å². The van der Waals surface area contributed by atoms with E-state index in [1.165, 1.54) is 30.9 Å². The lowest BCUT2D eigenvalue weighted by Gasteiger charge is -2.32. The van der Waals surface area contributed by atoms with Crippen molar-refractivity contribution in [1.82, 2.24) is 9.62 Å². The van der Waals surface area contributed by atoms with Crippen molar-refractivity contribution in [1.29, 1.82) is 0 Å². The fourth-order valence-corrected chi connectivity index (χ4v) is 5.77. The molecule has 2 fully saturated rings. The summed E-state index contributed by atoms with van der Waals surface area (Å²) in [6, 6.07) is 5.76. The Bertz CT molecular complexity index is 1220. The van der Waals surface area contributed by atoms with Gasteiger partial charge in [0.1, 0.15) is 23.1 Å². The SMILES string of the molecule is CC(C)(O)C(=O)N1CC2(CC2)C(NS(C)(=O)=O)C1Cc1cccc(-c2cc(F)cc(F)c2)c1F. The van der Waals surface area contributed by atoms with Gasteiger partial charge in [0.05, 0.1) is 12.3 Å². The van der Waals surface area contributed by atoms with Crippen LogP contribution in [0.25, 0.3) is 11.1 Å². The van der Waals surface area contributed by atoms with E-state index in [-0.39, 0.29) is 29.7 Å². The molecule has 0 radical (unpaired) electrons. The highest BCUT2D eigenvalue weighted by atomic mass is 32.2. The van der Waals surface area contributed by atoms with Gasteiger partial charge in [-0.3, -0.25) is 4.79 Å². The van der Waals surface area contributed by atoms with Gasteiger partial charge in [-0.25, -0.2) is 26.3 Å². The lowest BCUT2D eigenvalue weighted by molar-refractivity contribution is -0.149. The van der Waals surface area contributed by atoms with E-state index in [1.807, 2.05) is 0 Å². The molecular weight excluding hydrogens is 469 g/mol. The average Bonchev–Trinajstić information content (AvgIpc) is 3.42. The smallest absolute Gasteiger partial charge is 0.254 e. The average molecular weight is 497 g/mol. The predicted octanol–water partition coefficient (Wildman–Crippen LogP) is 2.99. The van der Waals surface area contributed by atoms with Crippen LogP contribution in [0, 0.1) is 22.9 Å². The van der Waals surface area contributed by atoms with Crippen LogP contribution >= 0.6 is 0 Å². The number of halogens is 3. The van der Waals surface area contributed by atoms with Crippen LogP contribution < -0.4 is 4.72 Å². The van der Waals surface area contributed by atoms with Crippen LogP contribution in [0.2, 0.25) is 0 Å². The van der Waals surface area contributed by atoms with E-state index in [1.54, 1.807) is 6.07 Å². The van der Waals surface area contributed by atoms with Gasteiger partial charge in [-0.05, 0) is 56.4 Å². The molecule has 1 heterocycles. The number of benzene rings is 2. The normalized spacial score (nSPS) is 21.8. The molecule has 10 heteroatoms. The molecule has 1 saturated heterocycles. The first-order valence-corrected chi connectivity index (χ1v) is 12.8. The Hall–Kier alpha value is -2.43. The maximum atomic E-state index is 15.6. The van der Waals surface area contributed by atoms with E-state index in [4.69, 9.17) is 0 Å². The van der Waals surface area contributed by atoms with Crippen molar-refractivity contribution >= 4 is 15.9 Å². The van der Waals surface area contributed by atoms with Gasteiger partial charge in [0, 0.05) is 29.6 Å². The molecule has 2 aliphatic rings. The summed E-state index contributed by atoms with van der Waals surface area (Å²) in [6.07, 6.45) is 2.36. The number of hydrogen-bond donors (Lipinski definition) is 2. The summed E-state index contributed by atoms with van der Waals surface area (Å²) in [5, 5.41) is 10.4. The van der Waals surface area contributed by atoms with E-state index >= 15 is 4.39 Å². The number of nitrogens with zero attached hydrogens (tertiary/aromatic N) is 1. The predicted molar refractivity (Wildman–Crippen MR) is 121 cm³/mol. The number of nitrogens with one attached hydrogen (secondary N) is 1. The Morgan fingerprint density at radius 3 is 2.32 bits per heavy atom. The molecule has 34 heavy (non-hydrogen) atoms. The molecule has 2 N–H and O–H groups in total. The number of likely N-dealkylation sites (tertiary alicyclic amines) is 1. The Balaban J connectivity index is 1.75. The Labute approximate surface area is 196 Å². The molecule has 2 aromatic carbocycles. The molecule has 2 unspecified atom stereocenters. The summed E-state index contributed by atoms with van der Waals surface area (Å²) < 4.78 is 69.9. The van der Waals surface area contributed by atoms with Crippen molar-refractivity contribution in [2.45, 2.75) is 50.8 Å². The highest BCUT2D eigenvalue weighted by Crippen LogP contribution is 2.56. The van der Waals surface area contributed by atoms with Crippen LogP contribution in [-0.4, -0.2) is 54.8 Å². The molecule has 1 aliphatic carbocycles. The molecule has 1 spiro atoms. The molecule has 1 amide bonds. The summed E-state index contributed by atoms with van der Waals surface area (Å²) in [5.41, 5.74) is -2.00. The Kier molecular flexibility index (Phi) is 6.06. The summed E-state index contributed by atoms with van der Waals surface area (Å²) in [5.74, 6) is -2.97. The molecule has 1 saturated carbocycles. The minimum Gasteiger partial charge on any atom is -0.381 e. The van der Waals surface area contributed by atoms with E-state index in [0.29, 0.717) is 18.9 Å². The third-order valence-corrected chi connectivity index (χ3v) is 7.31. The molecule has 184 valence electrons. The van der Waals surface area contributed by atoms with Crippen LogP contribution in [-0.2, 0) is 21.2 Å². The van der Waals surface area contributed by atoms with E-state index < -0.39 is 56.5 Å². The second kappa shape index (κ2) is 8.35. The van der Waals surface area contributed by atoms with Gasteiger partial charge < -0.3 is 10.0 Å². The summed E-state index contributed by atoms with van der Waals surface area (Å²) >= 11 is 0. The first kappa shape index (κ1) is 24.7. The number of rotatable bonds is 6. The lowest BCUT2D eigenvalue weighted by atomic mass is 9.91. The van der Waals surface area contributed by atoms with Crippen molar-refractivity contribution in [2.75, 3.05) is 12.8 Å².